The average Bonchev–Trinajstić information content (AvgIpc) is 2.56. The van der Waals surface area contributed by atoms with E-state index >= 15 is 0 Å². The second-order valence-electron chi connectivity index (χ2n) is 5.33. The van der Waals surface area contributed by atoms with Crippen LogP contribution in [-0.4, -0.2) is 25.0 Å². The van der Waals surface area contributed by atoms with E-state index < -0.39 is 5.97 Å². The first-order valence-corrected chi connectivity index (χ1v) is 7.88. The number of anilines is 1. The first-order chi connectivity index (χ1) is 11.5. The van der Waals surface area contributed by atoms with Crippen LogP contribution in [0.3, 0.4) is 0 Å². The maximum Gasteiger partial charge on any atom is 0.340 e. The Balaban J connectivity index is 1.78. The zero-order chi connectivity index (χ0) is 17.5. The molecule has 3 N–H and O–H groups in total. The summed E-state index contributed by atoms with van der Waals surface area (Å²) in [6, 6.07) is 12.5. The molecule has 2 aromatic carbocycles. The number of benzene rings is 2. The van der Waals surface area contributed by atoms with E-state index in [1.807, 2.05) is 31.2 Å². The Hall–Kier alpha value is -2.53. The number of carbonyl (C=O) groups excluding carboxylic acids is 2. The fourth-order valence-electron chi connectivity index (χ4n) is 2.19. The van der Waals surface area contributed by atoms with Crippen molar-refractivity contribution >= 4 is 29.2 Å². The lowest BCUT2D eigenvalue weighted by Gasteiger charge is -2.09. The zero-order valence-electron chi connectivity index (χ0n) is 13.3. The predicted octanol–water partition coefficient (Wildman–Crippen LogP) is 2.75. The first kappa shape index (κ1) is 17.8. The van der Waals surface area contributed by atoms with Gasteiger partial charge >= 0.3 is 5.97 Å². The van der Waals surface area contributed by atoms with Crippen molar-refractivity contribution in [3.8, 4) is 0 Å². The molecule has 0 bridgehead atoms. The van der Waals surface area contributed by atoms with Crippen LogP contribution >= 0.6 is 11.6 Å². The molecule has 24 heavy (non-hydrogen) atoms. The molecule has 0 spiro atoms. The molecule has 0 atom stereocenters. The summed E-state index contributed by atoms with van der Waals surface area (Å²) in [5, 5.41) is 3.09. The standard InChI is InChI=1S/C18H19ClN2O3/c1-12-4-2-3-5-13(12)8-9-21-17(22)11-24-18(23)15-10-14(19)6-7-16(15)20/h2-7,10H,8-9,11,20H2,1H3,(H,21,22). The molecule has 0 aliphatic rings. The van der Waals surface area contributed by atoms with Crippen molar-refractivity contribution < 1.29 is 14.3 Å². The van der Waals surface area contributed by atoms with E-state index in [2.05, 4.69) is 5.32 Å². The number of aryl methyl sites for hydroxylation is 1. The van der Waals surface area contributed by atoms with Crippen molar-refractivity contribution in [3.63, 3.8) is 0 Å². The third-order valence-corrected chi connectivity index (χ3v) is 3.78. The van der Waals surface area contributed by atoms with Gasteiger partial charge in [-0.05, 0) is 42.7 Å². The van der Waals surface area contributed by atoms with Gasteiger partial charge in [0.2, 0.25) is 0 Å². The number of carbonyl (C=O) groups is 2. The molecule has 126 valence electrons. The number of nitrogen functional groups attached to an aromatic ring is 1. The van der Waals surface area contributed by atoms with Gasteiger partial charge in [0.1, 0.15) is 0 Å². The Morgan fingerprint density at radius 3 is 2.71 bits per heavy atom. The molecule has 0 saturated carbocycles. The summed E-state index contributed by atoms with van der Waals surface area (Å²) in [6.45, 7) is 2.13. The number of amides is 1. The normalized spacial score (nSPS) is 10.2. The lowest BCUT2D eigenvalue weighted by molar-refractivity contribution is -0.124. The summed E-state index contributed by atoms with van der Waals surface area (Å²) in [5.74, 6) is -1.04. The molecule has 5 nitrogen and oxygen atoms in total. The van der Waals surface area contributed by atoms with Crippen molar-refractivity contribution in [2.24, 2.45) is 0 Å². The molecular formula is C18H19ClN2O3. The van der Waals surface area contributed by atoms with Crippen molar-refractivity contribution in [2.75, 3.05) is 18.9 Å². The quantitative estimate of drug-likeness (QED) is 0.622. The molecule has 0 aliphatic carbocycles. The minimum atomic E-state index is -0.677. The minimum Gasteiger partial charge on any atom is -0.452 e. The number of hydrogen-bond donors (Lipinski definition) is 2. The Morgan fingerprint density at radius 2 is 1.96 bits per heavy atom. The van der Waals surface area contributed by atoms with Crippen LogP contribution in [0.25, 0.3) is 0 Å². The lowest BCUT2D eigenvalue weighted by atomic mass is 10.1. The average molecular weight is 347 g/mol. The van der Waals surface area contributed by atoms with Gasteiger partial charge in [-0.1, -0.05) is 35.9 Å². The van der Waals surface area contributed by atoms with Crippen LogP contribution in [0.4, 0.5) is 5.69 Å². The lowest BCUT2D eigenvalue weighted by Crippen LogP contribution is -2.30. The number of nitrogens with two attached hydrogens (primary N) is 1. The highest BCUT2D eigenvalue weighted by Crippen LogP contribution is 2.18. The zero-order valence-corrected chi connectivity index (χ0v) is 14.1. The fraction of sp³-hybridized carbons (Fsp3) is 0.222. The van der Waals surface area contributed by atoms with Gasteiger partial charge in [0, 0.05) is 17.3 Å². The second-order valence-corrected chi connectivity index (χ2v) is 5.77. The molecule has 0 fully saturated rings. The van der Waals surface area contributed by atoms with Gasteiger partial charge in [0.15, 0.2) is 6.61 Å². The van der Waals surface area contributed by atoms with Gasteiger partial charge < -0.3 is 15.8 Å². The van der Waals surface area contributed by atoms with Crippen LogP contribution < -0.4 is 11.1 Å². The summed E-state index contributed by atoms with van der Waals surface area (Å²) in [6.07, 6.45) is 0.716. The van der Waals surface area contributed by atoms with Crippen molar-refractivity contribution in [1.29, 1.82) is 0 Å². The molecule has 0 aliphatic heterocycles. The van der Waals surface area contributed by atoms with Gasteiger partial charge in [0.05, 0.1) is 5.56 Å². The van der Waals surface area contributed by atoms with Gasteiger partial charge in [-0.25, -0.2) is 4.79 Å². The molecule has 1 amide bonds. The molecule has 0 unspecified atom stereocenters. The molecule has 0 aromatic heterocycles. The van der Waals surface area contributed by atoms with E-state index in [0.29, 0.717) is 18.0 Å². The topological polar surface area (TPSA) is 81.4 Å². The third-order valence-electron chi connectivity index (χ3n) is 3.55. The number of esters is 1. The Bertz CT molecular complexity index is 747. The highest BCUT2D eigenvalue weighted by molar-refractivity contribution is 6.31. The van der Waals surface area contributed by atoms with E-state index in [1.165, 1.54) is 23.3 Å². The molecule has 2 aromatic rings. The SMILES string of the molecule is Cc1ccccc1CCNC(=O)COC(=O)c1cc(Cl)ccc1N. The highest BCUT2D eigenvalue weighted by atomic mass is 35.5. The maximum atomic E-state index is 11.9. The molecule has 0 heterocycles. The molecule has 0 saturated heterocycles. The number of halogens is 1. The number of rotatable bonds is 6. The van der Waals surface area contributed by atoms with Crippen LogP contribution in [0.5, 0.6) is 0 Å². The smallest absolute Gasteiger partial charge is 0.340 e. The fourth-order valence-corrected chi connectivity index (χ4v) is 2.36. The minimum absolute atomic E-state index is 0.148. The van der Waals surface area contributed by atoms with Crippen molar-refractivity contribution in [1.82, 2.24) is 5.32 Å². The monoisotopic (exact) mass is 346 g/mol. The van der Waals surface area contributed by atoms with Gasteiger partial charge in [-0.2, -0.15) is 0 Å². The van der Waals surface area contributed by atoms with Crippen LogP contribution in [0.2, 0.25) is 5.02 Å². The summed E-state index contributed by atoms with van der Waals surface area (Å²) in [7, 11) is 0. The van der Waals surface area contributed by atoms with E-state index in [0.717, 1.165) is 0 Å². The largest absolute Gasteiger partial charge is 0.452 e. The van der Waals surface area contributed by atoms with Crippen molar-refractivity contribution in [2.45, 2.75) is 13.3 Å². The van der Waals surface area contributed by atoms with Gasteiger partial charge in [0.25, 0.3) is 5.91 Å². The Kier molecular flexibility index (Phi) is 6.21. The van der Waals surface area contributed by atoms with E-state index in [4.69, 9.17) is 22.1 Å². The van der Waals surface area contributed by atoms with E-state index in [9.17, 15) is 9.59 Å². The maximum absolute atomic E-state index is 11.9. The Labute approximate surface area is 145 Å². The van der Waals surface area contributed by atoms with Gasteiger partial charge in [-0.3, -0.25) is 4.79 Å². The summed E-state index contributed by atoms with van der Waals surface area (Å²) >= 11 is 5.82. The van der Waals surface area contributed by atoms with Crippen LogP contribution in [0.15, 0.2) is 42.5 Å². The number of hydrogen-bond acceptors (Lipinski definition) is 4. The summed E-state index contributed by atoms with van der Waals surface area (Å²) in [4.78, 5) is 23.7. The second kappa shape index (κ2) is 8.36. The molecular weight excluding hydrogens is 328 g/mol. The van der Waals surface area contributed by atoms with Crippen LogP contribution in [0, 0.1) is 6.92 Å². The number of nitrogens with one attached hydrogen (secondary N) is 1. The molecule has 0 radical (unpaired) electrons. The Morgan fingerprint density at radius 1 is 1.21 bits per heavy atom. The van der Waals surface area contributed by atoms with E-state index in [-0.39, 0.29) is 23.8 Å². The third kappa shape index (κ3) is 4.99. The van der Waals surface area contributed by atoms with Crippen molar-refractivity contribution in [3.05, 3.63) is 64.2 Å². The first-order valence-electron chi connectivity index (χ1n) is 7.50. The molecule has 6 heteroatoms. The van der Waals surface area contributed by atoms with Crippen LogP contribution in [-0.2, 0) is 16.0 Å². The van der Waals surface area contributed by atoms with E-state index in [1.54, 1.807) is 6.07 Å². The highest BCUT2D eigenvalue weighted by Gasteiger charge is 2.13. The molecule has 2 rings (SSSR count). The number of ether oxygens (including phenoxy) is 1. The summed E-state index contributed by atoms with van der Waals surface area (Å²) in [5.41, 5.74) is 8.44. The summed E-state index contributed by atoms with van der Waals surface area (Å²) < 4.78 is 4.96. The predicted molar refractivity (Wildman–Crippen MR) is 94.0 cm³/mol. The van der Waals surface area contributed by atoms with Gasteiger partial charge in [-0.15, -0.1) is 0 Å². The van der Waals surface area contributed by atoms with Crippen LogP contribution in [0.1, 0.15) is 21.5 Å².